The van der Waals surface area contributed by atoms with Crippen LogP contribution >= 0.6 is 0 Å². The average molecular weight is 307 g/mol. The van der Waals surface area contributed by atoms with E-state index in [0.717, 1.165) is 12.1 Å². The van der Waals surface area contributed by atoms with E-state index in [0.29, 0.717) is 30.1 Å². The lowest BCUT2D eigenvalue weighted by Crippen LogP contribution is -2.29. The molecule has 0 spiro atoms. The molecule has 2 heterocycles. The molecule has 1 aromatic heterocycles. The fraction of sp³-hybridized carbons (Fsp3) is 0.412. The number of rotatable bonds is 3. The first-order chi connectivity index (χ1) is 11.2. The van der Waals surface area contributed by atoms with Crippen molar-refractivity contribution in [2.75, 3.05) is 13.1 Å². The highest BCUT2D eigenvalue weighted by atomic mass is 16.2. The lowest BCUT2D eigenvalue weighted by atomic mass is 10.1. The van der Waals surface area contributed by atoms with E-state index in [4.69, 9.17) is 5.26 Å². The minimum Gasteiger partial charge on any atom is -0.336 e. The van der Waals surface area contributed by atoms with Gasteiger partial charge in [0.2, 0.25) is 0 Å². The molecule has 0 N–H and O–H groups in total. The lowest BCUT2D eigenvalue weighted by molar-refractivity contribution is 0.0787. The number of hydrogen-bond donors (Lipinski definition) is 0. The summed E-state index contributed by atoms with van der Waals surface area (Å²) in [5.74, 6) is 0.573. The Hall–Kier alpha value is -2.68. The molecule has 1 aliphatic carbocycles. The molecule has 1 saturated carbocycles. The highest BCUT2D eigenvalue weighted by Crippen LogP contribution is 2.39. The normalized spacial score (nSPS) is 20.5. The van der Waals surface area contributed by atoms with Gasteiger partial charge in [0.1, 0.15) is 0 Å². The molecule has 6 nitrogen and oxygen atoms in total. The smallest absolute Gasteiger partial charge is 0.253 e. The molecule has 1 aromatic carbocycles. The molecule has 1 aliphatic heterocycles. The Kier molecular flexibility index (Phi) is 3.34. The molecule has 2 fully saturated rings. The lowest BCUT2D eigenvalue weighted by Gasteiger charge is -2.16. The van der Waals surface area contributed by atoms with Gasteiger partial charge in [0, 0.05) is 30.8 Å². The van der Waals surface area contributed by atoms with Crippen LogP contribution in [0, 0.1) is 11.3 Å². The quantitative estimate of drug-likeness (QED) is 0.870. The zero-order chi connectivity index (χ0) is 15.8. The standard InChI is InChI=1S/C17H17N5O/c18-9-12-2-1-3-14(8-12)17(23)21-7-6-15(10-21)22-11-16(19-20-22)13-4-5-13/h1-3,8,11,13,15H,4-7,10H2. The van der Waals surface area contributed by atoms with Gasteiger partial charge in [0.05, 0.1) is 23.4 Å². The predicted molar refractivity (Wildman–Crippen MR) is 82.7 cm³/mol. The van der Waals surface area contributed by atoms with Gasteiger partial charge < -0.3 is 4.90 Å². The Morgan fingerprint density at radius 3 is 2.96 bits per heavy atom. The third kappa shape index (κ3) is 2.70. The molecule has 2 aliphatic rings. The summed E-state index contributed by atoms with van der Waals surface area (Å²) in [4.78, 5) is 14.4. The summed E-state index contributed by atoms with van der Waals surface area (Å²) in [6, 6.07) is 9.13. The van der Waals surface area contributed by atoms with E-state index in [1.54, 1.807) is 24.3 Å². The summed E-state index contributed by atoms with van der Waals surface area (Å²) in [6.45, 7) is 1.35. The zero-order valence-electron chi connectivity index (χ0n) is 12.7. The largest absolute Gasteiger partial charge is 0.336 e. The van der Waals surface area contributed by atoms with Gasteiger partial charge >= 0.3 is 0 Å². The number of nitriles is 1. The van der Waals surface area contributed by atoms with Crippen LogP contribution in [0.15, 0.2) is 30.5 Å². The first kappa shape index (κ1) is 13.9. The Labute approximate surface area is 134 Å². The second-order valence-corrected chi connectivity index (χ2v) is 6.28. The Morgan fingerprint density at radius 2 is 2.17 bits per heavy atom. The van der Waals surface area contributed by atoms with Crippen LogP contribution in [-0.4, -0.2) is 38.9 Å². The fourth-order valence-electron chi connectivity index (χ4n) is 3.08. The molecule has 0 bridgehead atoms. The number of nitrogens with zero attached hydrogens (tertiary/aromatic N) is 5. The number of hydrogen-bond acceptors (Lipinski definition) is 4. The van der Waals surface area contributed by atoms with E-state index < -0.39 is 0 Å². The summed E-state index contributed by atoms with van der Waals surface area (Å²) in [7, 11) is 0. The van der Waals surface area contributed by atoms with Crippen molar-refractivity contribution < 1.29 is 4.79 Å². The van der Waals surface area contributed by atoms with Gasteiger partial charge in [-0.2, -0.15) is 5.26 Å². The molecule has 1 amide bonds. The van der Waals surface area contributed by atoms with Crippen molar-refractivity contribution in [1.82, 2.24) is 19.9 Å². The highest BCUT2D eigenvalue weighted by Gasteiger charge is 2.31. The van der Waals surface area contributed by atoms with Crippen LogP contribution in [0.25, 0.3) is 0 Å². The van der Waals surface area contributed by atoms with Crippen molar-refractivity contribution in [2.45, 2.75) is 31.2 Å². The van der Waals surface area contributed by atoms with Crippen molar-refractivity contribution in [1.29, 1.82) is 5.26 Å². The van der Waals surface area contributed by atoms with Crippen LogP contribution in [-0.2, 0) is 0 Å². The van der Waals surface area contributed by atoms with Crippen molar-refractivity contribution in [2.24, 2.45) is 0 Å². The first-order valence-electron chi connectivity index (χ1n) is 7.96. The highest BCUT2D eigenvalue weighted by molar-refractivity contribution is 5.94. The third-order valence-corrected chi connectivity index (χ3v) is 4.59. The maximum atomic E-state index is 12.6. The Bertz CT molecular complexity index is 786. The minimum absolute atomic E-state index is 0.0212. The molecule has 2 aromatic rings. The van der Waals surface area contributed by atoms with Crippen molar-refractivity contribution in [3.8, 4) is 6.07 Å². The summed E-state index contributed by atoms with van der Waals surface area (Å²) < 4.78 is 1.91. The summed E-state index contributed by atoms with van der Waals surface area (Å²) in [6.07, 6.45) is 5.34. The van der Waals surface area contributed by atoms with Gasteiger partial charge in [-0.15, -0.1) is 5.10 Å². The van der Waals surface area contributed by atoms with E-state index in [-0.39, 0.29) is 11.9 Å². The SMILES string of the molecule is N#Cc1cccc(C(=O)N2CCC(n3cc(C4CC4)nn3)C2)c1. The van der Waals surface area contributed by atoms with E-state index >= 15 is 0 Å². The molecular formula is C17H17N5O. The van der Waals surface area contributed by atoms with E-state index in [2.05, 4.69) is 16.4 Å². The third-order valence-electron chi connectivity index (χ3n) is 4.59. The monoisotopic (exact) mass is 307 g/mol. The summed E-state index contributed by atoms with van der Waals surface area (Å²) in [5.41, 5.74) is 2.16. The minimum atomic E-state index is -0.0212. The summed E-state index contributed by atoms with van der Waals surface area (Å²) in [5, 5.41) is 17.4. The van der Waals surface area contributed by atoms with Gasteiger partial charge in [-0.25, -0.2) is 4.68 Å². The molecule has 116 valence electrons. The van der Waals surface area contributed by atoms with Gasteiger partial charge in [0.15, 0.2) is 0 Å². The van der Waals surface area contributed by atoms with E-state index in [1.165, 1.54) is 12.8 Å². The van der Waals surface area contributed by atoms with E-state index in [1.807, 2.05) is 15.8 Å². The summed E-state index contributed by atoms with van der Waals surface area (Å²) >= 11 is 0. The first-order valence-corrected chi connectivity index (χ1v) is 7.96. The van der Waals surface area contributed by atoms with Crippen molar-refractivity contribution >= 4 is 5.91 Å². The number of amides is 1. The van der Waals surface area contributed by atoms with Crippen LogP contribution < -0.4 is 0 Å². The molecule has 1 saturated heterocycles. The number of carbonyl (C=O) groups is 1. The van der Waals surface area contributed by atoms with E-state index in [9.17, 15) is 4.79 Å². The van der Waals surface area contributed by atoms with Gasteiger partial charge in [-0.1, -0.05) is 11.3 Å². The topological polar surface area (TPSA) is 74.8 Å². The van der Waals surface area contributed by atoms with Crippen molar-refractivity contribution in [3.05, 3.63) is 47.3 Å². The second kappa shape index (κ2) is 5.51. The van der Waals surface area contributed by atoms with Crippen LogP contribution in [0.3, 0.4) is 0 Å². The predicted octanol–water partition coefficient (Wildman–Crippen LogP) is 2.11. The molecular weight excluding hydrogens is 290 g/mol. The van der Waals surface area contributed by atoms with Gasteiger partial charge in [0.25, 0.3) is 5.91 Å². The van der Waals surface area contributed by atoms with Crippen molar-refractivity contribution in [3.63, 3.8) is 0 Å². The fourth-order valence-corrected chi connectivity index (χ4v) is 3.08. The molecule has 0 radical (unpaired) electrons. The second-order valence-electron chi connectivity index (χ2n) is 6.28. The van der Waals surface area contributed by atoms with Crippen LogP contribution in [0.2, 0.25) is 0 Å². The number of carbonyl (C=O) groups excluding carboxylic acids is 1. The van der Waals surface area contributed by atoms with Crippen LogP contribution in [0.4, 0.5) is 0 Å². The number of benzene rings is 1. The number of likely N-dealkylation sites (tertiary alicyclic amines) is 1. The molecule has 1 unspecified atom stereocenters. The maximum absolute atomic E-state index is 12.6. The maximum Gasteiger partial charge on any atom is 0.253 e. The van der Waals surface area contributed by atoms with Crippen LogP contribution in [0.1, 0.15) is 52.8 Å². The average Bonchev–Trinajstić information content (AvgIpc) is 3.13. The molecule has 6 heteroatoms. The Balaban J connectivity index is 1.46. The molecule has 4 rings (SSSR count). The van der Waals surface area contributed by atoms with Crippen LogP contribution in [0.5, 0.6) is 0 Å². The Morgan fingerprint density at radius 1 is 1.30 bits per heavy atom. The number of aromatic nitrogens is 3. The zero-order valence-corrected chi connectivity index (χ0v) is 12.7. The van der Waals surface area contributed by atoms with Gasteiger partial charge in [-0.05, 0) is 37.5 Å². The molecule has 1 atom stereocenters. The van der Waals surface area contributed by atoms with Gasteiger partial charge in [-0.3, -0.25) is 4.79 Å². The molecule has 23 heavy (non-hydrogen) atoms.